The Morgan fingerprint density at radius 3 is 2.31 bits per heavy atom. The van der Waals surface area contributed by atoms with E-state index in [0.717, 1.165) is 46.4 Å². The van der Waals surface area contributed by atoms with Crippen molar-refractivity contribution in [2.75, 3.05) is 17.5 Å². The number of carbonyl (C=O) groups excluding carboxylic acids is 2. The monoisotopic (exact) mass is 655 g/mol. The van der Waals surface area contributed by atoms with Crippen molar-refractivity contribution in [3.63, 3.8) is 0 Å². The molecule has 0 unspecified atom stereocenters. The van der Waals surface area contributed by atoms with Crippen molar-refractivity contribution in [1.29, 1.82) is 0 Å². The van der Waals surface area contributed by atoms with E-state index in [2.05, 4.69) is 21.2 Å². The van der Waals surface area contributed by atoms with Crippen LogP contribution in [0.1, 0.15) is 51.5 Å². The van der Waals surface area contributed by atoms with Crippen LogP contribution in [0.4, 0.5) is 5.69 Å². The molecule has 0 radical (unpaired) electrons. The summed E-state index contributed by atoms with van der Waals surface area (Å²) in [4.78, 5) is 29.1. The third-order valence-electron chi connectivity index (χ3n) is 7.41. The lowest BCUT2D eigenvalue weighted by Crippen LogP contribution is -2.53. The van der Waals surface area contributed by atoms with Crippen LogP contribution in [0, 0.1) is 0 Å². The molecule has 10 heteroatoms. The molecule has 0 aromatic heterocycles. The zero-order valence-corrected chi connectivity index (χ0v) is 26.4. The minimum atomic E-state index is -4.12. The summed E-state index contributed by atoms with van der Waals surface area (Å²) in [5, 5.41) is 3.12. The maximum Gasteiger partial charge on any atom is 0.264 e. The molecule has 1 fully saturated rings. The van der Waals surface area contributed by atoms with E-state index in [4.69, 9.17) is 4.74 Å². The molecule has 3 aromatic rings. The number of carbonyl (C=O) groups is 2. The molecular weight excluding hydrogens is 618 g/mol. The summed E-state index contributed by atoms with van der Waals surface area (Å²) >= 11 is 3.48. The molecule has 1 aliphatic rings. The molecule has 0 bridgehead atoms. The van der Waals surface area contributed by atoms with Crippen LogP contribution in [0.5, 0.6) is 5.75 Å². The van der Waals surface area contributed by atoms with Crippen molar-refractivity contribution in [2.24, 2.45) is 0 Å². The number of halogens is 1. The van der Waals surface area contributed by atoms with Gasteiger partial charge in [0.2, 0.25) is 11.8 Å². The summed E-state index contributed by atoms with van der Waals surface area (Å²) in [6.45, 7) is 3.68. The highest BCUT2D eigenvalue weighted by atomic mass is 79.9. The smallest absolute Gasteiger partial charge is 0.264 e. The Hall–Kier alpha value is -3.37. The molecule has 0 spiro atoms. The van der Waals surface area contributed by atoms with Gasteiger partial charge in [-0.3, -0.25) is 13.9 Å². The Labute approximate surface area is 257 Å². The molecule has 8 nitrogen and oxygen atoms in total. The molecule has 1 aliphatic carbocycles. The van der Waals surface area contributed by atoms with E-state index in [1.54, 1.807) is 49.4 Å². The summed E-state index contributed by atoms with van der Waals surface area (Å²) in [7, 11) is -4.12. The van der Waals surface area contributed by atoms with Crippen LogP contribution in [-0.4, -0.2) is 50.4 Å². The first-order valence-corrected chi connectivity index (χ1v) is 16.6. The molecule has 42 heavy (non-hydrogen) atoms. The van der Waals surface area contributed by atoms with Crippen molar-refractivity contribution in [2.45, 2.75) is 69.5 Å². The molecule has 0 heterocycles. The SMILES string of the molecule is CCOc1ccc(N(CC(=O)N(Cc2cccc(Br)c2)[C@@H](C)C(=O)NC2CCCCC2)S(=O)(=O)c2ccccc2)cc1. The number of nitrogens with one attached hydrogen (secondary N) is 1. The maximum absolute atomic E-state index is 14.1. The third kappa shape index (κ3) is 8.13. The number of anilines is 1. The Kier molecular flexibility index (Phi) is 11.0. The van der Waals surface area contributed by atoms with Gasteiger partial charge < -0.3 is 15.0 Å². The van der Waals surface area contributed by atoms with E-state index >= 15 is 0 Å². The first-order chi connectivity index (χ1) is 20.2. The fourth-order valence-electron chi connectivity index (χ4n) is 5.11. The molecule has 1 N–H and O–H groups in total. The van der Waals surface area contributed by atoms with E-state index in [9.17, 15) is 18.0 Å². The third-order valence-corrected chi connectivity index (χ3v) is 9.69. The van der Waals surface area contributed by atoms with Crippen LogP contribution in [-0.2, 0) is 26.2 Å². The van der Waals surface area contributed by atoms with Crippen molar-refractivity contribution < 1.29 is 22.7 Å². The number of rotatable bonds is 12. The molecular formula is C32H38BrN3O5S. The van der Waals surface area contributed by atoms with Crippen LogP contribution >= 0.6 is 15.9 Å². The molecule has 224 valence electrons. The normalized spacial score (nSPS) is 14.5. The highest BCUT2D eigenvalue weighted by molar-refractivity contribution is 9.10. The minimum absolute atomic E-state index is 0.0633. The molecule has 2 amide bonds. The van der Waals surface area contributed by atoms with E-state index in [0.29, 0.717) is 18.0 Å². The highest BCUT2D eigenvalue weighted by Gasteiger charge is 2.33. The fraction of sp³-hybridized carbons (Fsp3) is 0.375. The van der Waals surface area contributed by atoms with Gasteiger partial charge >= 0.3 is 0 Å². The molecule has 0 saturated heterocycles. The first-order valence-electron chi connectivity index (χ1n) is 14.3. The summed E-state index contributed by atoms with van der Waals surface area (Å²) in [5.74, 6) is -0.146. The lowest BCUT2D eigenvalue weighted by molar-refractivity contribution is -0.139. The summed E-state index contributed by atoms with van der Waals surface area (Å²) in [5.41, 5.74) is 1.13. The number of sulfonamides is 1. The van der Waals surface area contributed by atoms with E-state index in [-0.39, 0.29) is 23.4 Å². The van der Waals surface area contributed by atoms with Crippen molar-refractivity contribution in [1.82, 2.24) is 10.2 Å². The highest BCUT2D eigenvalue weighted by Crippen LogP contribution is 2.27. The van der Waals surface area contributed by atoms with Gasteiger partial charge in [-0.25, -0.2) is 8.42 Å². The molecule has 1 saturated carbocycles. The molecule has 4 rings (SSSR count). The van der Waals surface area contributed by atoms with E-state index in [1.165, 1.54) is 17.0 Å². The molecule has 0 aliphatic heterocycles. The summed E-state index contributed by atoms with van der Waals surface area (Å²) in [6, 6.07) is 21.4. The predicted molar refractivity (Wildman–Crippen MR) is 168 cm³/mol. The van der Waals surface area contributed by atoms with Gasteiger partial charge in [0.15, 0.2) is 0 Å². The topological polar surface area (TPSA) is 96.0 Å². The average molecular weight is 657 g/mol. The van der Waals surface area contributed by atoms with Gasteiger partial charge in [-0.1, -0.05) is 65.5 Å². The summed E-state index contributed by atoms with van der Waals surface area (Å²) < 4.78 is 35.3. The van der Waals surface area contributed by atoms with Gasteiger partial charge in [-0.05, 0) is 80.8 Å². The quantitative estimate of drug-likeness (QED) is 0.262. The minimum Gasteiger partial charge on any atom is -0.494 e. The fourth-order valence-corrected chi connectivity index (χ4v) is 6.99. The number of ether oxygens (including phenoxy) is 1. The van der Waals surface area contributed by atoms with E-state index in [1.807, 2.05) is 31.2 Å². The molecule has 1 atom stereocenters. The van der Waals surface area contributed by atoms with Crippen LogP contribution in [0.25, 0.3) is 0 Å². The Balaban J connectivity index is 1.67. The second-order valence-corrected chi connectivity index (χ2v) is 13.2. The zero-order chi connectivity index (χ0) is 30.1. The number of amides is 2. The Bertz CT molecular complexity index is 1440. The second kappa shape index (κ2) is 14.7. The van der Waals surface area contributed by atoms with Gasteiger partial charge in [-0.2, -0.15) is 0 Å². The van der Waals surface area contributed by atoms with Gasteiger partial charge in [0.25, 0.3) is 10.0 Å². The van der Waals surface area contributed by atoms with Crippen molar-refractivity contribution >= 4 is 43.5 Å². The number of benzene rings is 3. The average Bonchev–Trinajstić information content (AvgIpc) is 3.00. The lowest BCUT2D eigenvalue weighted by Gasteiger charge is -2.33. The number of hydrogen-bond donors (Lipinski definition) is 1. The van der Waals surface area contributed by atoms with Crippen molar-refractivity contribution in [3.05, 3.63) is 88.9 Å². The van der Waals surface area contributed by atoms with Gasteiger partial charge in [-0.15, -0.1) is 0 Å². The predicted octanol–water partition coefficient (Wildman–Crippen LogP) is 5.91. The van der Waals surface area contributed by atoms with Gasteiger partial charge in [0.1, 0.15) is 18.3 Å². The first kappa shape index (κ1) is 31.6. The standard InChI is InChI=1S/C32H38BrN3O5S/c1-3-41-29-19-17-28(18-20-29)36(42(39,40)30-15-8-5-9-16-30)23-31(37)35(22-25-11-10-12-26(33)21-25)24(2)32(38)34-27-13-6-4-7-14-27/h5,8-12,15-21,24,27H,3-4,6-7,13-14,22-23H2,1-2H3,(H,34,38)/t24-/m0/s1. The summed E-state index contributed by atoms with van der Waals surface area (Å²) in [6.07, 6.45) is 5.12. The number of nitrogens with zero attached hydrogens (tertiary/aromatic N) is 2. The van der Waals surface area contributed by atoms with Crippen LogP contribution < -0.4 is 14.4 Å². The van der Waals surface area contributed by atoms with Crippen LogP contribution in [0.3, 0.4) is 0 Å². The second-order valence-electron chi connectivity index (χ2n) is 10.4. The lowest BCUT2D eigenvalue weighted by atomic mass is 9.95. The van der Waals surface area contributed by atoms with Gasteiger partial charge in [0.05, 0.1) is 17.2 Å². The van der Waals surface area contributed by atoms with Crippen LogP contribution in [0.15, 0.2) is 88.2 Å². The van der Waals surface area contributed by atoms with Crippen LogP contribution in [0.2, 0.25) is 0 Å². The number of hydrogen-bond acceptors (Lipinski definition) is 5. The largest absolute Gasteiger partial charge is 0.494 e. The Morgan fingerprint density at radius 2 is 1.67 bits per heavy atom. The maximum atomic E-state index is 14.1. The Morgan fingerprint density at radius 1 is 0.976 bits per heavy atom. The molecule has 3 aromatic carbocycles. The van der Waals surface area contributed by atoms with Crippen molar-refractivity contribution in [3.8, 4) is 5.75 Å². The zero-order valence-electron chi connectivity index (χ0n) is 24.0. The van der Waals surface area contributed by atoms with Gasteiger partial charge in [0, 0.05) is 17.1 Å². The van der Waals surface area contributed by atoms with E-state index < -0.39 is 28.5 Å².